The third-order valence-corrected chi connectivity index (χ3v) is 6.63. The zero-order valence-corrected chi connectivity index (χ0v) is 18.6. The fourth-order valence-corrected chi connectivity index (χ4v) is 5.11. The van der Waals surface area contributed by atoms with Crippen LogP contribution in [0.2, 0.25) is 5.02 Å². The Balaban J connectivity index is 1.71. The number of hydrogen-bond acceptors (Lipinski definition) is 6. The molecule has 0 aliphatic rings. The van der Waals surface area contributed by atoms with Gasteiger partial charge in [-0.2, -0.15) is 0 Å². The van der Waals surface area contributed by atoms with Gasteiger partial charge in [-0.25, -0.2) is 4.98 Å². The van der Waals surface area contributed by atoms with Gasteiger partial charge in [0.05, 0.1) is 6.61 Å². The lowest BCUT2D eigenvalue weighted by Crippen LogP contribution is -2.09. The molecule has 2 aromatic heterocycles. The van der Waals surface area contributed by atoms with Crippen molar-refractivity contribution in [2.75, 3.05) is 6.61 Å². The molecule has 0 saturated heterocycles. The average Bonchev–Trinajstić information content (AvgIpc) is 3.04. The van der Waals surface area contributed by atoms with E-state index in [1.807, 2.05) is 60.0 Å². The van der Waals surface area contributed by atoms with Crippen molar-refractivity contribution in [3.8, 4) is 11.4 Å². The molecule has 9 heteroatoms. The number of aromatic nitrogens is 3. The maximum absolute atomic E-state index is 12.6. The first-order valence-corrected chi connectivity index (χ1v) is 11.4. The van der Waals surface area contributed by atoms with Crippen LogP contribution in [0.1, 0.15) is 12.5 Å². The first kappa shape index (κ1) is 20.2. The van der Waals surface area contributed by atoms with E-state index in [9.17, 15) is 4.79 Å². The molecule has 2 aromatic carbocycles. The average molecular weight is 462 g/mol. The highest BCUT2D eigenvalue weighted by Crippen LogP contribution is 2.27. The van der Waals surface area contributed by atoms with Crippen molar-refractivity contribution >= 4 is 57.3 Å². The third-order valence-electron chi connectivity index (χ3n) is 4.09. The van der Waals surface area contributed by atoms with Crippen molar-refractivity contribution in [1.29, 1.82) is 0 Å². The summed E-state index contributed by atoms with van der Waals surface area (Å²) in [6, 6.07) is 15.2. The normalized spacial score (nSPS) is 11.1. The van der Waals surface area contributed by atoms with Crippen LogP contribution < -0.4 is 10.3 Å². The number of H-pyrrole nitrogens is 1. The Labute approximate surface area is 185 Å². The first-order chi connectivity index (χ1) is 14.0. The maximum atomic E-state index is 12.6. The fraction of sp³-hybridized carbons (Fsp3) is 0.150. The topological polar surface area (TPSA) is 59.9 Å². The summed E-state index contributed by atoms with van der Waals surface area (Å²) >= 11 is 14.3. The van der Waals surface area contributed by atoms with Gasteiger partial charge in [-0.05, 0) is 61.1 Å². The van der Waals surface area contributed by atoms with Crippen LogP contribution in [0.3, 0.4) is 0 Å². The van der Waals surface area contributed by atoms with Gasteiger partial charge in [-0.15, -0.1) is 0 Å². The van der Waals surface area contributed by atoms with Gasteiger partial charge in [0.15, 0.2) is 14.8 Å². The summed E-state index contributed by atoms with van der Waals surface area (Å²) in [6.45, 7) is 2.54. The summed E-state index contributed by atoms with van der Waals surface area (Å²) < 4.78 is 8.40. The van der Waals surface area contributed by atoms with Gasteiger partial charge in [0.25, 0.3) is 5.56 Å². The van der Waals surface area contributed by atoms with Crippen molar-refractivity contribution < 1.29 is 4.74 Å². The van der Waals surface area contributed by atoms with Gasteiger partial charge in [-0.3, -0.25) is 9.36 Å². The van der Waals surface area contributed by atoms with E-state index in [0.29, 0.717) is 36.8 Å². The van der Waals surface area contributed by atoms with Crippen LogP contribution in [0.5, 0.6) is 5.75 Å². The largest absolute Gasteiger partial charge is 0.494 e. The number of aromatic amines is 1. The Morgan fingerprint density at radius 1 is 1.28 bits per heavy atom. The predicted octanol–water partition coefficient (Wildman–Crippen LogP) is 5.85. The molecule has 0 spiro atoms. The van der Waals surface area contributed by atoms with Gasteiger partial charge in [0.1, 0.15) is 10.4 Å². The number of hydrogen-bond donors (Lipinski definition) is 1. The number of halogens is 1. The second-order valence-corrected chi connectivity index (χ2v) is 9.12. The molecule has 1 N–H and O–H groups in total. The maximum Gasteiger partial charge on any atom is 0.271 e. The Hall–Kier alpha value is -2.13. The number of ether oxygens (including phenoxy) is 1. The van der Waals surface area contributed by atoms with Crippen LogP contribution in [-0.2, 0) is 5.75 Å². The van der Waals surface area contributed by atoms with Crippen molar-refractivity contribution in [1.82, 2.24) is 14.5 Å². The van der Waals surface area contributed by atoms with Crippen LogP contribution in [0.4, 0.5) is 0 Å². The number of fused-ring (bicyclic) bond motifs is 1. The second-order valence-electron chi connectivity index (χ2n) is 6.07. The molecule has 4 aromatic rings. The van der Waals surface area contributed by atoms with E-state index in [2.05, 4.69) is 9.97 Å². The number of rotatable bonds is 6. The van der Waals surface area contributed by atoms with Crippen LogP contribution in [-0.4, -0.2) is 21.1 Å². The zero-order valence-electron chi connectivity index (χ0n) is 15.3. The summed E-state index contributed by atoms with van der Waals surface area (Å²) in [5.41, 5.74) is 2.26. The molecule has 0 radical (unpaired) electrons. The lowest BCUT2D eigenvalue weighted by Gasteiger charge is -2.07. The molecule has 0 unspecified atom stereocenters. The Bertz CT molecular complexity index is 1280. The van der Waals surface area contributed by atoms with Gasteiger partial charge < -0.3 is 9.72 Å². The summed E-state index contributed by atoms with van der Waals surface area (Å²) in [5.74, 6) is 1.43. The summed E-state index contributed by atoms with van der Waals surface area (Å²) in [5, 5.41) is 1.22. The van der Waals surface area contributed by atoms with E-state index in [4.69, 9.17) is 28.6 Å². The lowest BCUT2D eigenvalue weighted by atomic mass is 10.2. The minimum atomic E-state index is -0.190. The SMILES string of the molecule is CCOc1ccc(-n2c(=S)sc3c(=O)[nH]c(SCc4cccc(Cl)c4)nc32)cc1. The van der Waals surface area contributed by atoms with Crippen LogP contribution in [0.25, 0.3) is 16.0 Å². The van der Waals surface area contributed by atoms with E-state index in [-0.39, 0.29) is 5.56 Å². The molecule has 0 aliphatic carbocycles. The summed E-state index contributed by atoms with van der Waals surface area (Å²) in [7, 11) is 0. The van der Waals surface area contributed by atoms with Crippen LogP contribution in [0, 0.1) is 3.95 Å². The molecule has 0 saturated carbocycles. The van der Waals surface area contributed by atoms with Crippen LogP contribution in [0.15, 0.2) is 58.5 Å². The summed E-state index contributed by atoms with van der Waals surface area (Å²) in [6.07, 6.45) is 0. The predicted molar refractivity (Wildman–Crippen MR) is 123 cm³/mol. The zero-order chi connectivity index (χ0) is 20.4. The highest BCUT2D eigenvalue weighted by molar-refractivity contribution is 7.98. The number of benzene rings is 2. The minimum absolute atomic E-state index is 0.190. The number of nitrogens with zero attached hydrogens (tertiary/aromatic N) is 2. The second kappa shape index (κ2) is 8.71. The first-order valence-electron chi connectivity index (χ1n) is 8.81. The van der Waals surface area contributed by atoms with Crippen molar-refractivity contribution in [2.24, 2.45) is 0 Å². The van der Waals surface area contributed by atoms with Gasteiger partial charge >= 0.3 is 0 Å². The van der Waals surface area contributed by atoms with Gasteiger partial charge in [0, 0.05) is 16.5 Å². The van der Waals surface area contributed by atoms with E-state index in [1.165, 1.54) is 23.1 Å². The number of thioether (sulfide) groups is 1. The molecular weight excluding hydrogens is 446 g/mol. The molecule has 0 fully saturated rings. The monoisotopic (exact) mass is 461 g/mol. The third kappa shape index (κ3) is 4.40. The minimum Gasteiger partial charge on any atom is -0.494 e. The number of thiazole rings is 1. The quantitative estimate of drug-likeness (QED) is 0.222. The molecule has 0 atom stereocenters. The molecule has 2 heterocycles. The number of nitrogens with one attached hydrogen (secondary N) is 1. The molecule has 5 nitrogen and oxygen atoms in total. The van der Waals surface area contributed by atoms with Crippen molar-refractivity contribution in [3.63, 3.8) is 0 Å². The van der Waals surface area contributed by atoms with E-state index in [1.54, 1.807) is 0 Å². The fourth-order valence-electron chi connectivity index (χ4n) is 2.83. The molecule has 0 amide bonds. The molecule has 29 heavy (non-hydrogen) atoms. The highest BCUT2D eigenvalue weighted by Gasteiger charge is 2.14. The Morgan fingerprint density at radius 2 is 2.07 bits per heavy atom. The van der Waals surface area contributed by atoms with Crippen LogP contribution >= 0.6 is 46.9 Å². The van der Waals surface area contributed by atoms with E-state index in [0.717, 1.165) is 17.0 Å². The Kier molecular flexibility index (Phi) is 6.05. The molecule has 0 bridgehead atoms. The standard InChI is InChI=1S/C20H16ClN3O2S3/c1-2-26-15-8-6-14(7-9-15)24-17-16(29-20(24)27)18(25)23-19(22-17)28-11-12-4-3-5-13(21)10-12/h3-10H,2,11H2,1H3,(H,22,23,25). The molecular formula is C20H16ClN3O2S3. The van der Waals surface area contributed by atoms with Crippen molar-refractivity contribution in [2.45, 2.75) is 17.8 Å². The molecule has 4 rings (SSSR count). The molecule has 148 valence electrons. The highest BCUT2D eigenvalue weighted by atomic mass is 35.5. The smallest absolute Gasteiger partial charge is 0.271 e. The van der Waals surface area contributed by atoms with E-state index < -0.39 is 0 Å². The summed E-state index contributed by atoms with van der Waals surface area (Å²) in [4.78, 5) is 20.1. The van der Waals surface area contributed by atoms with Gasteiger partial charge in [0.2, 0.25) is 0 Å². The lowest BCUT2D eigenvalue weighted by molar-refractivity contribution is 0.340. The Morgan fingerprint density at radius 3 is 2.79 bits per heavy atom. The van der Waals surface area contributed by atoms with E-state index >= 15 is 0 Å². The van der Waals surface area contributed by atoms with Gasteiger partial charge in [-0.1, -0.05) is 46.8 Å². The molecule has 0 aliphatic heterocycles. The van der Waals surface area contributed by atoms with Crippen molar-refractivity contribution in [3.05, 3.63) is 73.4 Å².